The molecule has 0 heterocycles. The quantitative estimate of drug-likeness (QED) is 0.829. The molecule has 0 amide bonds. The predicted octanol–water partition coefficient (Wildman–Crippen LogP) is 4.30. The highest BCUT2D eigenvalue weighted by Crippen LogP contribution is 2.33. The first kappa shape index (κ1) is 15.4. The van der Waals surface area contributed by atoms with Crippen LogP contribution in [0.2, 0.25) is 0 Å². The van der Waals surface area contributed by atoms with Gasteiger partial charge in [-0.25, -0.2) is 0 Å². The Morgan fingerprint density at radius 1 is 1.10 bits per heavy atom. The molecule has 1 saturated carbocycles. The van der Waals surface area contributed by atoms with E-state index in [4.69, 9.17) is 5.73 Å². The highest BCUT2D eigenvalue weighted by molar-refractivity contribution is 5.46. The molecule has 0 bridgehead atoms. The summed E-state index contributed by atoms with van der Waals surface area (Å²) in [7, 11) is 0. The number of para-hydroxylation sites is 1. The number of nitrogens with two attached hydrogens (primary N) is 1. The molecule has 2 nitrogen and oxygen atoms in total. The number of hydrogen-bond acceptors (Lipinski definition) is 2. The van der Waals surface area contributed by atoms with E-state index in [0.29, 0.717) is 12.1 Å². The highest BCUT2D eigenvalue weighted by Gasteiger charge is 2.29. The summed E-state index contributed by atoms with van der Waals surface area (Å²) in [6.07, 6.45) is 4.04. The lowest BCUT2D eigenvalue weighted by molar-refractivity contribution is 0.0763. The summed E-state index contributed by atoms with van der Waals surface area (Å²) in [6, 6.07) is 9.56. The van der Waals surface area contributed by atoms with Gasteiger partial charge in [-0.3, -0.25) is 4.90 Å². The molecule has 0 radical (unpaired) electrons. The summed E-state index contributed by atoms with van der Waals surface area (Å²) in [6.45, 7) is 10.4. The molecule has 1 aliphatic rings. The number of anilines is 1. The van der Waals surface area contributed by atoms with Gasteiger partial charge in [0.2, 0.25) is 0 Å². The third-order valence-corrected chi connectivity index (χ3v) is 4.69. The average Bonchev–Trinajstić information content (AvgIpc) is 2.36. The Kier molecular flexibility index (Phi) is 5.09. The monoisotopic (exact) mass is 274 g/mol. The van der Waals surface area contributed by atoms with E-state index in [1.54, 1.807) is 0 Å². The summed E-state index contributed by atoms with van der Waals surface area (Å²) >= 11 is 0. The van der Waals surface area contributed by atoms with Gasteiger partial charge in [-0.15, -0.1) is 0 Å². The van der Waals surface area contributed by atoms with Crippen molar-refractivity contribution in [2.24, 2.45) is 11.8 Å². The molecule has 2 N–H and O–H groups in total. The second kappa shape index (κ2) is 6.62. The van der Waals surface area contributed by atoms with Crippen molar-refractivity contribution in [3.8, 4) is 0 Å². The van der Waals surface area contributed by atoms with Crippen molar-refractivity contribution in [2.75, 3.05) is 5.73 Å². The lowest BCUT2D eigenvalue weighted by Gasteiger charge is -2.41. The standard InChI is InChI=1S/C18H30N2/c1-13(2)20(12-16-7-5-6-8-18(16)19)17-10-14(3)9-15(4)11-17/h5-8,13-15,17H,9-12,19H2,1-4H3. The molecule has 0 aliphatic heterocycles. The Morgan fingerprint density at radius 2 is 1.70 bits per heavy atom. The van der Waals surface area contributed by atoms with Crippen molar-refractivity contribution in [1.29, 1.82) is 0 Å². The van der Waals surface area contributed by atoms with E-state index >= 15 is 0 Å². The minimum Gasteiger partial charge on any atom is -0.398 e. The Balaban J connectivity index is 2.13. The molecule has 2 unspecified atom stereocenters. The van der Waals surface area contributed by atoms with Gasteiger partial charge in [0.15, 0.2) is 0 Å². The molecular formula is C18H30N2. The number of nitrogen functional groups attached to an aromatic ring is 1. The van der Waals surface area contributed by atoms with Crippen LogP contribution in [0.1, 0.15) is 52.5 Å². The van der Waals surface area contributed by atoms with Crippen LogP contribution in [0.5, 0.6) is 0 Å². The molecule has 1 aliphatic carbocycles. The second-order valence-electron chi connectivity index (χ2n) is 7.04. The maximum atomic E-state index is 6.13. The zero-order valence-corrected chi connectivity index (χ0v) is 13.5. The number of rotatable bonds is 4. The minimum absolute atomic E-state index is 0.567. The molecule has 0 aromatic heterocycles. The molecule has 1 aromatic rings. The van der Waals surface area contributed by atoms with Gasteiger partial charge in [0.1, 0.15) is 0 Å². The van der Waals surface area contributed by atoms with E-state index in [0.717, 1.165) is 24.1 Å². The zero-order valence-electron chi connectivity index (χ0n) is 13.5. The number of benzene rings is 1. The molecule has 0 spiro atoms. The average molecular weight is 274 g/mol. The first-order valence-electron chi connectivity index (χ1n) is 8.06. The number of hydrogen-bond donors (Lipinski definition) is 1. The van der Waals surface area contributed by atoms with Crippen LogP contribution < -0.4 is 5.73 Å². The van der Waals surface area contributed by atoms with E-state index < -0.39 is 0 Å². The number of nitrogens with zero attached hydrogens (tertiary/aromatic N) is 1. The molecule has 2 heteroatoms. The molecule has 1 aromatic carbocycles. The van der Waals surface area contributed by atoms with Crippen molar-refractivity contribution < 1.29 is 0 Å². The van der Waals surface area contributed by atoms with Gasteiger partial charge in [-0.1, -0.05) is 32.0 Å². The van der Waals surface area contributed by atoms with Crippen molar-refractivity contribution in [2.45, 2.75) is 65.6 Å². The topological polar surface area (TPSA) is 29.3 Å². The largest absolute Gasteiger partial charge is 0.398 e. The van der Waals surface area contributed by atoms with E-state index in [-0.39, 0.29) is 0 Å². The van der Waals surface area contributed by atoms with Crippen LogP contribution in [-0.4, -0.2) is 17.0 Å². The molecule has 2 atom stereocenters. The van der Waals surface area contributed by atoms with Crippen molar-refractivity contribution in [1.82, 2.24) is 4.90 Å². The Morgan fingerprint density at radius 3 is 2.25 bits per heavy atom. The van der Waals surface area contributed by atoms with Gasteiger partial charge in [0, 0.05) is 24.3 Å². The third-order valence-electron chi connectivity index (χ3n) is 4.69. The highest BCUT2D eigenvalue weighted by atomic mass is 15.2. The molecule has 2 rings (SSSR count). The molecule has 0 saturated heterocycles. The fourth-order valence-corrected chi connectivity index (χ4v) is 3.78. The second-order valence-corrected chi connectivity index (χ2v) is 7.04. The van der Waals surface area contributed by atoms with Crippen LogP contribution in [0, 0.1) is 11.8 Å². The Bertz CT molecular complexity index is 417. The summed E-state index contributed by atoms with van der Waals surface area (Å²) in [5.41, 5.74) is 8.32. The van der Waals surface area contributed by atoms with Crippen LogP contribution in [0.15, 0.2) is 24.3 Å². The Hall–Kier alpha value is -1.02. The van der Waals surface area contributed by atoms with Gasteiger partial charge >= 0.3 is 0 Å². The van der Waals surface area contributed by atoms with Gasteiger partial charge in [0.25, 0.3) is 0 Å². The first-order valence-corrected chi connectivity index (χ1v) is 8.06. The smallest absolute Gasteiger partial charge is 0.0359 e. The summed E-state index contributed by atoms with van der Waals surface area (Å²) < 4.78 is 0. The first-order chi connectivity index (χ1) is 9.47. The van der Waals surface area contributed by atoms with Gasteiger partial charge in [-0.2, -0.15) is 0 Å². The maximum Gasteiger partial charge on any atom is 0.0359 e. The van der Waals surface area contributed by atoms with E-state index in [2.05, 4.69) is 44.7 Å². The normalized spacial score (nSPS) is 27.2. The van der Waals surface area contributed by atoms with Gasteiger partial charge in [0.05, 0.1) is 0 Å². The SMILES string of the molecule is CC1CC(C)CC(N(Cc2ccccc2N)C(C)C)C1. The summed E-state index contributed by atoms with van der Waals surface area (Å²) in [5, 5.41) is 0. The fraction of sp³-hybridized carbons (Fsp3) is 0.667. The van der Waals surface area contributed by atoms with Crippen LogP contribution in [0.4, 0.5) is 5.69 Å². The van der Waals surface area contributed by atoms with Crippen LogP contribution in [0.3, 0.4) is 0 Å². The lowest BCUT2D eigenvalue weighted by atomic mass is 9.79. The third kappa shape index (κ3) is 3.76. The summed E-state index contributed by atoms with van der Waals surface area (Å²) in [5.74, 6) is 1.69. The molecule has 20 heavy (non-hydrogen) atoms. The fourth-order valence-electron chi connectivity index (χ4n) is 3.78. The van der Waals surface area contributed by atoms with Gasteiger partial charge in [-0.05, 0) is 56.6 Å². The molecule has 1 fully saturated rings. The zero-order chi connectivity index (χ0) is 14.7. The summed E-state index contributed by atoms with van der Waals surface area (Å²) in [4.78, 5) is 2.65. The van der Waals surface area contributed by atoms with E-state index in [9.17, 15) is 0 Å². The van der Waals surface area contributed by atoms with E-state index in [1.165, 1.54) is 24.8 Å². The van der Waals surface area contributed by atoms with Crippen molar-refractivity contribution >= 4 is 5.69 Å². The Labute approximate surface area is 124 Å². The van der Waals surface area contributed by atoms with Crippen molar-refractivity contribution in [3.63, 3.8) is 0 Å². The van der Waals surface area contributed by atoms with E-state index in [1.807, 2.05) is 12.1 Å². The lowest BCUT2D eigenvalue weighted by Crippen LogP contribution is -2.44. The van der Waals surface area contributed by atoms with Crippen LogP contribution >= 0.6 is 0 Å². The predicted molar refractivity (Wildman–Crippen MR) is 87.5 cm³/mol. The van der Waals surface area contributed by atoms with Crippen LogP contribution in [0.25, 0.3) is 0 Å². The molecular weight excluding hydrogens is 244 g/mol. The van der Waals surface area contributed by atoms with Gasteiger partial charge < -0.3 is 5.73 Å². The molecule has 112 valence electrons. The van der Waals surface area contributed by atoms with Crippen molar-refractivity contribution in [3.05, 3.63) is 29.8 Å². The maximum absolute atomic E-state index is 6.13. The minimum atomic E-state index is 0.567. The van der Waals surface area contributed by atoms with Crippen LogP contribution in [-0.2, 0) is 6.54 Å².